The number of hydrogen-bond acceptors (Lipinski definition) is 4. The summed E-state index contributed by atoms with van der Waals surface area (Å²) in [6.45, 7) is 7.16. The largest absolute Gasteiger partial charge is 0.491 e. The molecule has 0 radical (unpaired) electrons. The fraction of sp³-hybridized carbons (Fsp3) is 0.588. The maximum Gasteiger partial charge on any atom is 0.407 e. The van der Waals surface area contributed by atoms with Crippen LogP contribution in [-0.2, 0) is 11.2 Å². The van der Waals surface area contributed by atoms with Gasteiger partial charge < -0.3 is 24.6 Å². The molecule has 0 aliphatic rings. The molecule has 1 rings (SSSR count). The van der Waals surface area contributed by atoms with E-state index in [2.05, 4.69) is 0 Å². The highest BCUT2D eigenvalue weighted by Gasteiger charge is 2.25. The Hall–Kier alpha value is -1.79. The Labute approximate surface area is 137 Å². The van der Waals surface area contributed by atoms with Gasteiger partial charge >= 0.3 is 6.09 Å². The van der Waals surface area contributed by atoms with Crippen LogP contribution in [0.4, 0.5) is 4.79 Å². The highest BCUT2D eigenvalue weighted by molar-refractivity contribution is 5.65. The molecule has 0 heterocycles. The second-order valence-corrected chi connectivity index (χ2v) is 6.18. The van der Waals surface area contributed by atoms with Crippen LogP contribution in [0.2, 0.25) is 0 Å². The Morgan fingerprint density at radius 2 is 1.78 bits per heavy atom. The van der Waals surface area contributed by atoms with Crippen LogP contribution in [0.1, 0.15) is 26.3 Å². The number of hydrogen-bond donors (Lipinski definition) is 2. The van der Waals surface area contributed by atoms with Gasteiger partial charge in [-0.05, 0) is 44.9 Å². The molecule has 0 saturated heterocycles. The summed E-state index contributed by atoms with van der Waals surface area (Å²) in [6.07, 6.45) is -0.308. The van der Waals surface area contributed by atoms with Crippen molar-refractivity contribution in [3.8, 4) is 5.75 Å². The molecule has 2 N–H and O–H groups in total. The van der Waals surface area contributed by atoms with Gasteiger partial charge in [-0.1, -0.05) is 12.1 Å². The summed E-state index contributed by atoms with van der Waals surface area (Å²) >= 11 is 0. The molecule has 6 nitrogen and oxygen atoms in total. The van der Waals surface area contributed by atoms with E-state index in [1.54, 1.807) is 0 Å². The zero-order valence-corrected chi connectivity index (χ0v) is 14.1. The number of rotatable bonds is 9. The van der Waals surface area contributed by atoms with Gasteiger partial charge in [0.25, 0.3) is 0 Å². The topological polar surface area (TPSA) is 79.2 Å². The minimum absolute atomic E-state index is 0.135. The fourth-order valence-corrected chi connectivity index (χ4v) is 2.08. The Morgan fingerprint density at radius 3 is 2.30 bits per heavy atom. The van der Waals surface area contributed by atoms with Gasteiger partial charge in [-0.15, -0.1) is 0 Å². The minimum Gasteiger partial charge on any atom is -0.491 e. The van der Waals surface area contributed by atoms with Gasteiger partial charge in [0.05, 0.1) is 13.2 Å². The molecular formula is C17H27NO5. The highest BCUT2D eigenvalue weighted by Crippen LogP contribution is 2.13. The van der Waals surface area contributed by atoms with Crippen molar-refractivity contribution in [1.82, 2.24) is 4.90 Å². The number of carboxylic acid groups (broad SMARTS) is 1. The van der Waals surface area contributed by atoms with E-state index in [1.165, 1.54) is 4.90 Å². The number of ether oxygens (including phenoxy) is 2. The van der Waals surface area contributed by atoms with Crippen molar-refractivity contribution in [3.05, 3.63) is 29.8 Å². The molecule has 0 saturated carbocycles. The molecule has 0 bridgehead atoms. The average molecular weight is 325 g/mol. The van der Waals surface area contributed by atoms with E-state index in [0.29, 0.717) is 32.8 Å². The van der Waals surface area contributed by atoms with E-state index < -0.39 is 11.6 Å². The zero-order valence-electron chi connectivity index (χ0n) is 14.1. The van der Waals surface area contributed by atoms with Gasteiger partial charge in [-0.3, -0.25) is 0 Å². The highest BCUT2D eigenvalue weighted by atomic mass is 16.5. The molecule has 1 aromatic carbocycles. The predicted molar refractivity (Wildman–Crippen MR) is 88.0 cm³/mol. The van der Waals surface area contributed by atoms with Crippen LogP contribution >= 0.6 is 0 Å². The quantitative estimate of drug-likeness (QED) is 0.682. The van der Waals surface area contributed by atoms with E-state index >= 15 is 0 Å². The summed E-state index contributed by atoms with van der Waals surface area (Å²) in [7, 11) is 0. The second kappa shape index (κ2) is 9.37. The Bertz CT molecular complexity index is 467. The lowest BCUT2D eigenvalue weighted by molar-refractivity contribution is 0.0513. The van der Waals surface area contributed by atoms with Gasteiger partial charge in [0, 0.05) is 18.7 Å². The Morgan fingerprint density at radius 1 is 1.13 bits per heavy atom. The van der Waals surface area contributed by atoms with Gasteiger partial charge in [-0.25, -0.2) is 4.79 Å². The molecular weight excluding hydrogens is 298 g/mol. The first-order chi connectivity index (χ1) is 10.8. The van der Waals surface area contributed by atoms with Crippen molar-refractivity contribution in [2.24, 2.45) is 0 Å². The second-order valence-electron chi connectivity index (χ2n) is 6.18. The normalized spacial score (nSPS) is 11.3. The number of benzene rings is 1. The molecule has 0 aliphatic carbocycles. The van der Waals surface area contributed by atoms with Crippen molar-refractivity contribution in [3.63, 3.8) is 0 Å². The Balaban J connectivity index is 2.21. The summed E-state index contributed by atoms with van der Waals surface area (Å²) in [5.74, 6) is 0.747. The van der Waals surface area contributed by atoms with Crippen LogP contribution in [-0.4, -0.2) is 59.7 Å². The van der Waals surface area contributed by atoms with Gasteiger partial charge in [0.1, 0.15) is 12.4 Å². The monoisotopic (exact) mass is 325 g/mol. The van der Waals surface area contributed by atoms with Crippen molar-refractivity contribution in [2.45, 2.75) is 32.7 Å². The summed E-state index contributed by atoms with van der Waals surface area (Å²) in [6, 6.07) is 7.55. The lowest BCUT2D eigenvalue weighted by Crippen LogP contribution is -2.46. The number of carbonyl (C=O) groups is 1. The number of amides is 1. The first-order valence-electron chi connectivity index (χ1n) is 7.75. The molecule has 6 heteroatoms. The van der Waals surface area contributed by atoms with E-state index in [9.17, 15) is 4.79 Å². The molecule has 0 aliphatic heterocycles. The van der Waals surface area contributed by atoms with E-state index in [0.717, 1.165) is 11.3 Å². The molecule has 23 heavy (non-hydrogen) atoms. The summed E-state index contributed by atoms with van der Waals surface area (Å²) in [5.41, 5.74) is 0.620. The Kier molecular flexibility index (Phi) is 7.85. The lowest BCUT2D eigenvalue weighted by Gasteiger charge is -2.32. The predicted octanol–water partition coefficient (Wildman–Crippen LogP) is 2.40. The lowest BCUT2D eigenvalue weighted by atomic mass is 10.1. The van der Waals surface area contributed by atoms with Crippen molar-refractivity contribution >= 4 is 6.09 Å². The maximum atomic E-state index is 11.2. The standard InChI is InChI=1S/C17H27NO5/c1-17(2,3)18(16(20)21)9-11-22-12-13-23-15-6-4-14(5-7-15)8-10-19/h4-7,19H,8-13H2,1-3H3,(H,20,21). The third kappa shape index (κ3) is 7.34. The van der Waals surface area contributed by atoms with Crippen molar-refractivity contribution in [2.75, 3.05) is 33.0 Å². The average Bonchev–Trinajstić information content (AvgIpc) is 2.46. The van der Waals surface area contributed by atoms with Gasteiger partial charge in [-0.2, -0.15) is 0 Å². The van der Waals surface area contributed by atoms with Gasteiger partial charge in [0.2, 0.25) is 0 Å². The first-order valence-corrected chi connectivity index (χ1v) is 7.75. The van der Waals surface area contributed by atoms with E-state index in [4.69, 9.17) is 19.7 Å². The molecule has 130 valence electrons. The minimum atomic E-state index is -0.944. The number of aliphatic hydroxyl groups is 1. The third-order valence-electron chi connectivity index (χ3n) is 3.32. The number of aliphatic hydroxyl groups excluding tert-OH is 1. The van der Waals surface area contributed by atoms with Crippen LogP contribution in [0, 0.1) is 0 Å². The van der Waals surface area contributed by atoms with Gasteiger partial charge in [0.15, 0.2) is 0 Å². The summed E-state index contributed by atoms with van der Waals surface area (Å²) in [4.78, 5) is 12.5. The summed E-state index contributed by atoms with van der Waals surface area (Å²) in [5, 5.41) is 18.0. The van der Waals surface area contributed by atoms with E-state index in [-0.39, 0.29) is 6.61 Å². The molecule has 0 fully saturated rings. The van der Waals surface area contributed by atoms with Crippen LogP contribution in [0.15, 0.2) is 24.3 Å². The molecule has 0 atom stereocenters. The molecule has 0 spiro atoms. The van der Waals surface area contributed by atoms with Crippen LogP contribution < -0.4 is 4.74 Å². The van der Waals surface area contributed by atoms with E-state index in [1.807, 2.05) is 45.0 Å². The smallest absolute Gasteiger partial charge is 0.407 e. The SMILES string of the molecule is CC(C)(C)N(CCOCCOc1ccc(CCO)cc1)C(=O)O. The van der Waals surface area contributed by atoms with Crippen molar-refractivity contribution in [1.29, 1.82) is 0 Å². The number of nitrogens with zero attached hydrogens (tertiary/aromatic N) is 1. The summed E-state index contributed by atoms with van der Waals surface area (Å²) < 4.78 is 11.0. The fourth-order valence-electron chi connectivity index (χ4n) is 2.08. The van der Waals surface area contributed by atoms with Crippen molar-refractivity contribution < 1.29 is 24.5 Å². The first kappa shape index (κ1) is 19.3. The van der Waals surface area contributed by atoms with Crippen LogP contribution in [0.25, 0.3) is 0 Å². The molecule has 0 aromatic heterocycles. The van der Waals surface area contributed by atoms with Crippen LogP contribution in [0.3, 0.4) is 0 Å². The maximum absolute atomic E-state index is 11.2. The van der Waals surface area contributed by atoms with Crippen LogP contribution in [0.5, 0.6) is 5.75 Å². The zero-order chi connectivity index (χ0) is 17.3. The molecule has 1 amide bonds. The third-order valence-corrected chi connectivity index (χ3v) is 3.32. The molecule has 1 aromatic rings. The molecule has 0 unspecified atom stereocenters.